The molecule has 154 valence electrons. The summed E-state index contributed by atoms with van der Waals surface area (Å²) in [6.07, 6.45) is 2.94. The highest BCUT2D eigenvalue weighted by Crippen LogP contribution is 2.24. The largest absolute Gasteiger partial charge is 1.00 e. The number of rotatable bonds is 4. The van der Waals surface area contributed by atoms with Gasteiger partial charge in [0.15, 0.2) is 0 Å². The number of nitrogens with one attached hydrogen (secondary N) is 1. The Labute approximate surface area is 175 Å². The van der Waals surface area contributed by atoms with Crippen molar-refractivity contribution in [2.75, 3.05) is 20.1 Å². The first-order valence-electron chi connectivity index (χ1n) is 9.82. The van der Waals surface area contributed by atoms with Gasteiger partial charge >= 0.3 is 0 Å². The second kappa shape index (κ2) is 9.37. The van der Waals surface area contributed by atoms with Crippen molar-refractivity contribution >= 4 is 10.8 Å². The van der Waals surface area contributed by atoms with Crippen molar-refractivity contribution < 1.29 is 26.4 Å². The van der Waals surface area contributed by atoms with Gasteiger partial charge in [0, 0.05) is 6.42 Å². The first kappa shape index (κ1) is 21.3. The molecule has 2 heterocycles. The summed E-state index contributed by atoms with van der Waals surface area (Å²) in [7, 11) is 2.19. The molecular formula is C22H25ClFN3O2. The maximum absolute atomic E-state index is 13.1. The molecule has 29 heavy (non-hydrogen) atoms. The number of hydrogen-bond acceptors (Lipinski definition) is 3. The molecule has 2 atom stereocenters. The van der Waals surface area contributed by atoms with Gasteiger partial charge in [-0.3, -0.25) is 4.79 Å². The summed E-state index contributed by atoms with van der Waals surface area (Å²) in [6, 6.07) is 13.7. The van der Waals surface area contributed by atoms with Crippen LogP contribution in [0.1, 0.15) is 30.9 Å². The van der Waals surface area contributed by atoms with E-state index >= 15 is 0 Å². The predicted molar refractivity (Wildman–Crippen MR) is 106 cm³/mol. The van der Waals surface area contributed by atoms with Crippen LogP contribution in [0.4, 0.5) is 4.39 Å². The van der Waals surface area contributed by atoms with E-state index in [1.165, 1.54) is 17.0 Å². The Balaban J connectivity index is 0.00000240. The number of ether oxygens (including phenoxy) is 1. The maximum Gasteiger partial charge on any atom is 0.275 e. The van der Waals surface area contributed by atoms with Crippen LogP contribution >= 0.6 is 0 Å². The molecule has 1 N–H and O–H groups in total. The van der Waals surface area contributed by atoms with Crippen LogP contribution in [0.25, 0.3) is 10.8 Å². The van der Waals surface area contributed by atoms with Crippen molar-refractivity contribution in [3.63, 3.8) is 0 Å². The smallest absolute Gasteiger partial charge is 0.275 e. The average molecular weight is 418 g/mol. The molecular weight excluding hydrogens is 393 g/mol. The van der Waals surface area contributed by atoms with E-state index in [0.29, 0.717) is 16.7 Å². The van der Waals surface area contributed by atoms with Crippen molar-refractivity contribution in [1.29, 1.82) is 0 Å². The van der Waals surface area contributed by atoms with Gasteiger partial charge in [-0.2, -0.15) is 0 Å². The lowest BCUT2D eigenvalue weighted by Gasteiger charge is -2.18. The maximum atomic E-state index is 13.1. The summed E-state index contributed by atoms with van der Waals surface area (Å²) in [5, 5.41) is 5.95. The van der Waals surface area contributed by atoms with Crippen molar-refractivity contribution in [1.82, 2.24) is 9.78 Å². The van der Waals surface area contributed by atoms with Crippen molar-refractivity contribution in [3.8, 4) is 5.88 Å². The Morgan fingerprint density at radius 1 is 1.10 bits per heavy atom. The van der Waals surface area contributed by atoms with Gasteiger partial charge < -0.3 is 22.0 Å². The van der Waals surface area contributed by atoms with Gasteiger partial charge in [0.2, 0.25) is 5.88 Å². The molecule has 0 aliphatic carbocycles. The van der Waals surface area contributed by atoms with Gasteiger partial charge in [-0.15, -0.1) is 5.10 Å². The van der Waals surface area contributed by atoms with Crippen LogP contribution in [-0.4, -0.2) is 29.9 Å². The van der Waals surface area contributed by atoms with Gasteiger partial charge in [0.05, 0.1) is 37.0 Å². The Morgan fingerprint density at radius 3 is 2.59 bits per heavy atom. The molecule has 0 amide bonds. The van der Waals surface area contributed by atoms with E-state index in [1.807, 2.05) is 24.3 Å². The molecule has 0 spiro atoms. The molecule has 3 aromatic rings. The molecule has 1 aliphatic rings. The zero-order valence-corrected chi connectivity index (χ0v) is 17.2. The second-order valence-electron chi connectivity index (χ2n) is 7.56. The van der Waals surface area contributed by atoms with Crippen LogP contribution < -0.4 is 27.6 Å². The number of aromatic nitrogens is 2. The van der Waals surface area contributed by atoms with E-state index in [1.54, 1.807) is 16.8 Å². The molecule has 0 saturated carbocycles. The zero-order chi connectivity index (χ0) is 19.5. The summed E-state index contributed by atoms with van der Waals surface area (Å²) in [4.78, 5) is 14.6. The number of likely N-dealkylation sites (tertiary alicyclic amines) is 1. The third-order valence-corrected chi connectivity index (χ3v) is 5.47. The third-order valence-electron chi connectivity index (χ3n) is 5.47. The number of benzene rings is 2. The standard InChI is InChI=1S/C22H24FN3O2.ClH/c1-25-13-4-5-18(12-14-25)26-22(27)20-7-3-2-6-19(20)21(24-26)28-15-16-8-10-17(23)11-9-16;/h2-3,6-11,18H,4-5,12-15H2,1H3;1H. The SMILES string of the molecule is C[NH+]1CCCC(n2nc(OCc3ccc(F)cc3)c3ccccc3c2=O)CC1.[Cl-]. The summed E-state index contributed by atoms with van der Waals surface area (Å²) in [5.41, 5.74) is 0.791. The van der Waals surface area contributed by atoms with E-state index in [9.17, 15) is 9.18 Å². The molecule has 7 heteroatoms. The lowest BCUT2D eigenvalue weighted by Crippen LogP contribution is -3.08. The van der Waals surface area contributed by atoms with Gasteiger partial charge in [-0.05, 0) is 42.7 Å². The number of quaternary nitrogens is 1. The first-order chi connectivity index (χ1) is 13.6. The van der Waals surface area contributed by atoms with Gasteiger partial charge in [0.25, 0.3) is 5.56 Å². The second-order valence-corrected chi connectivity index (χ2v) is 7.56. The van der Waals surface area contributed by atoms with Gasteiger partial charge in [0.1, 0.15) is 12.4 Å². The molecule has 2 unspecified atom stereocenters. The fourth-order valence-electron chi connectivity index (χ4n) is 3.83. The quantitative estimate of drug-likeness (QED) is 0.614. The molecule has 0 bridgehead atoms. The number of fused-ring (bicyclic) bond motifs is 1. The predicted octanol–water partition coefficient (Wildman–Crippen LogP) is -0.642. The van der Waals surface area contributed by atoms with E-state index in [0.717, 1.165) is 37.9 Å². The normalized spacial score (nSPS) is 19.4. The molecule has 1 saturated heterocycles. The van der Waals surface area contributed by atoms with E-state index in [-0.39, 0.29) is 36.4 Å². The number of halogens is 2. The zero-order valence-electron chi connectivity index (χ0n) is 16.4. The highest BCUT2D eigenvalue weighted by Gasteiger charge is 2.22. The highest BCUT2D eigenvalue weighted by molar-refractivity contribution is 5.85. The summed E-state index contributed by atoms with van der Waals surface area (Å²) >= 11 is 0. The van der Waals surface area contributed by atoms with Crippen LogP contribution in [0.3, 0.4) is 0 Å². The van der Waals surface area contributed by atoms with Crippen molar-refractivity contribution in [2.24, 2.45) is 0 Å². The third kappa shape index (κ3) is 4.77. The van der Waals surface area contributed by atoms with Crippen LogP contribution in [0.5, 0.6) is 5.88 Å². The number of hydrogen-bond donors (Lipinski definition) is 1. The van der Waals surface area contributed by atoms with Crippen molar-refractivity contribution in [3.05, 3.63) is 70.3 Å². The van der Waals surface area contributed by atoms with Crippen molar-refractivity contribution in [2.45, 2.75) is 31.9 Å². The summed E-state index contributed by atoms with van der Waals surface area (Å²) in [6.45, 7) is 2.41. The molecule has 1 fully saturated rings. The fourth-order valence-corrected chi connectivity index (χ4v) is 3.83. The van der Waals surface area contributed by atoms with Crippen LogP contribution in [0, 0.1) is 5.82 Å². The molecule has 0 radical (unpaired) electrons. The number of nitrogens with zero attached hydrogens (tertiary/aromatic N) is 2. The fraction of sp³-hybridized carbons (Fsp3) is 0.364. The van der Waals surface area contributed by atoms with Crippen LogP contribution in [0.2, 0.25) is 0 Å². The molecule has 2 aromatic carbocycles. The molecule has 1 aliphatic heterocycles. The Morgan fingerprint density at radius 2 is 1.83 bits per heavy atom. The molecule has 4 rings (SSSR count). The Hall–Kier alpha value is -2.44. The monoisotopic (exact) mass is 417 g/mol. The minimum Gasteiger partial charge on any atom is -1.00 e. The molecule has 1 aromatic heterocycles. The Bertz CT molecular complexity index is 1020. The van der Waals surface area contributed by atoms with Crippen LogP contribution in [-0.2, 0) is 6.61 Å². The minimum atomic E-state index is -0.277. The topological polar surface area (TPSA) is 48.6 Å². The van der Waals surface area contributed by atoms with Crippen LogP contribution in [0.15, 0.2) is 53.3 Å². The lowest BCUT2D eigenvalue weighted by molar-refractivity contribution is -0.878. The minimum absolute atomic E-state index is 0. The Kier molecular flexibility index (Phi) is 6.87. The highest BCUT2D eigenvalue weighted by atomic mass is 35.5. The summed E-state index contributed by atoms with van der Waals surface area (Å²) in [5.74, 6) is 0.172. The summed E-state index contributed by atoms with van der Waals surface area (Å²) < 4.78 is 20.7. The van der Waals surface area contributed by atoms with E-state index in [2.05, 4.69) is 12.1 Å². The lowest BCUT2D eigenvalue weighted by atomic mass is 10.1. The van der Waals surface area contributed by atoms with E-state index in [4.69, 9.17) is 4.74 Å². The first-order valence-corrected chi connectivity index (χ1v) is 9.82. The molecule has 5 nitrogen and oxygen atoms in total. The van der Waals surface area contributed by atoms with Gasteiger partial charge in [-0.1, -0.05) is 24.3 Å². The average Bonchev–Trinajstić information content (AvgIpc) is 2.93. The van der Waals surface area contributed by atoms with Gasteiger partial charge in [-0.25, -0.2) is 9.07 Å². The van der Waals surface area contributed by atoms with E-state index < -0.39 is 0 Å².